The molecule has 0 radical (unpaired) electrons. The summed E-state index contributed by atoms with van der Waals surface area (Å²) < 4.78 is 5.74. The molecule has 0 fully saturated rings. The first-order valence-corrected chi connectivity index (χ1v) is 8.87. The molecule has 0 aliphatic heterocycles. The van der Waals surface area contributed by atoms with Gasteiger partial charge in [-0.15, -0.1) is 0 Å². The van der Waals surface area contributed by atoms with E-state index in [4.69, 9.17) is 4.74 Å². The zero-order valence-electron chi connectivity index (χ0n) is 14.9. The summed E-state index contributed by atoms with van der Waals surface area (Å²) in [6.07, 6.45) is 0.716. The van der Waals surface area contributed by atoms with Gasteiger partial charge >= 0.3 is 0 Å². The summed E-state index contributed by atoms with van der Waals surface area (Å²) in [4.78, 5) is 24.0. The highest BCUT2D eigenvalue weighted by Crippen LogP contribution is 2.21. The van der Waals surface area contributed by atoms with Gasteiger partial charge in [0.1, 0.15) is 17.3 Å². The van der Waals surface area contributed by atoms with Crippen LogP contribution in [0.25, 0.3) is 0 Å². The highest BCUT2D eigenvalue weighted by molar-refractivity contribution is 5.93. The molecule has 0 spiro atoms. The summed E-state index contributed by atoms with van der Waals surface area (Å²) in [6, 6.07) is 26.2. The minimum Gasteiger partial charge on any atom is -0.457 e. The van der Waals surface area contributed by atoms with Crippen LogP contribution in [0.5, 0.6) is 11.5 Å². The Morgan fingerprint density at radius 2 is 1.30 bits per heavy atom. The third-order valence-corrected chi connectivity index (χ3v) is 3.99. The number of hydrogen-bond acceptors (Lipinski definition) is 3. The number of amides is 1. The van der Waals surface area contributed by atoms with E-state index in [1.165, 1.54) is 0 Å². The van der Waals surface area contributed by atoms with Gasteiger partial charge in [-0.2, -0.15) is 0 Å². The number of nitrogens with one attached hydrogen (secondary N) is 1. The highest BCUT2D eigenvalue weighted by Gasteiger charge is 2.09. The van der Waals surface area contributed by atoms with E-state index < -0.39 is 0 Å². The second-order valence-corrected chi connectivity index (χ2v) is 6.19. The number of para-hydroxylation sites is 2. The molecule has 0 aromatic heterocycles. The molecule has 3 aromatic carbocycles. The van der Waals surface area contributed by atoms with Crippen molar-refractivity contribution in [2.75, 3.05) is 5.32 Å². The van der Waals surface area contributed by atoms with Crippen molar-refractivity contribution in [1.29, 1.82) is 0 Å². The Hall–Kier alpha value is -3.40. The van der Waals surface area contributed by atoms with Crippen molar-refractivity contribution in [2.45, 2.75) is 19.3 Å². The Morgan fingerprint density at radius 1 is 0.704 bits per heavy atom. The number of carbonyl (C=O) groups is 2. The van der Waals surface area contributed by atoms with Crippen molar-refractivity contribution in [1.82, 2.24) is 0 Å². The van der Waals surface area contributed by atoms with Crippen molar-refractivity contribution < 1.29 is 14.3 Å². The molecule has 4 heteroatoms. The Balaban J connectivity index is 1.44. The van der Waals surface area contributed by atoms with Gasteiger partial charge in [0.05, 0.1) is 0 Å². The standard InChI is InChI=1S/C23H21NO3/c25-20(13-16-23(26)24-19-7-3-1-4-8-19)17-18-11-14-22(15-12-18)27-21-9-5-2-6-10-21/h1-12,14-15H,13,16-17H2,(H,24,26). The normalized spacial score (nSPS) is 10.2. The fraction of sp³-hybridized carbons (Fsp3) is 0.130. The summed E-state index contributed by atoms with van der Waals surface area (Å²) in [6.45, 7) is 0. The van der Waals surface area contributed by atoms with Crippen molar-refractivity contribution in [3.63, 3.8) is 0 Å². The van der Waals surface area contributed by atoms with Crippen LogP contribution in [0.15, 0.2) is 84.9 Å². The van der Waals surface area contributed by atoms with Crippen LogP contribution in [0, 0.1) is 0 Å². The van der Waals surface area contributed by atoms with E-state index in [1.807, 2.05) is 84.9 Å². The number of benzene rings is 3. The van der Waals surface area contributed by atoms with Gasteiger partial charge in [0.25, 0.3) is 0 Å². The Morgan fingerprint density at radius 3 is 1.96 bits per heavy atom. The van der Waals surface area contributed by atoms with E-state index in [0.717, 1.165) is 22.7 Å². The third kappa shape index (κ3) is 6.12. The zero-order valence-corrected chi connectivity index (χ0v) is 14.9. The maximum atomic E-state index is 12.1. The zero-order chi connectivity index (χ0) is 18.9. The van der Waals surface area contributed by atoms with Crippen LogP contribution in [0.1, 0.15) is 18.4 Å². The second kappa shape index (κ2) is 9.34. The van der Waals surface area contributed by atoms with Gasteiger partial charge < -0.3 is 10.1 Å². The number of ketones is 1. The molecule has 136 valence electrons. The largest absolute Gasteiger partial charge is 0.457 e. The lowest BCUT2D eigenvalue weighted by atomic mass is 10.1. The van der Waals surface area contributed by atoms with Crippen LogP contribution < -0.4 is 10.1 Å². The summed E-state index contributed by atoms with van der Waals surface area (Å²) in [5, 5.41) is 2.78. The minimum absolute atomic E-state index is 0.0370. The van der Waals surface area contributed by atoms with E-state index in [9.17, 15) is 9.59 Å². The fourth-order valence-electron chi connectivity index (χ4n) is 2.61. The summed E-state index contributed by atoms with van der Waals surface area (Å²) >= 11 is 0. The summed E-state index contributed by atoms with van der Waals surface area (Å²) in [5.41, 5.74) is 1.65. The molecule has 0 saturated carbocycles. The molecule has 3 rings (SSSR count). The SMILES string of the molecule is O=C(CCC(=O)Nc1ccccc1)Cc1ccc(Oc2ccccc2)cc1. The lowest BCUT2D eigenvalue weighted by Gasteiger charge is -2.07. The average Bonchev–Trinajstić information content (AvgIpc) is 2.70. The maximum absolute atomic E-state index is 12.1. The molecule has 0 bridgehead atoms. The van der Waals surface area contributed by atoms with Gasteiger partial charge in [-0.05, 0) is 42.0 Å². The van der Waals surface area contributed by atoms with E-state index in [1.54, 1.807) is 0 Å². The number of anilines is 1. The molecule has 27 heavy (non-hydrogen) atoms. The molecule has 0 atom stereocenters. The van der Waals surface area contributed by atoms with Crippen LogP contribution in [0.3, 0.4) is 0 Å². The molecule has 0 aliphatic rings. The quantitative estimate of drug-likeness (QED) is 0.615. The maximum Gasteiger partial charge on any atom is 0.224 e. The highest BCUT2D eigenvalue weighted by atomic mass is 16.5. The number of carbonyl (C=O) groups excluding carboxylic acids is 2. The first kappa shape index (κ1) is 18.4. The Kier molecular flexibility index (Phi) is 6.36. The number of ether oxygens (including phenoxy) is 1. The van der Waals surface area contributed by atoms with Crippen LogP contribution in [-0.2, 0) is 16.0 Å². The molecule has 0 unspecified atom stereocenters. The van der Waals surface area contributed by atoms with Crippen molar-refractivity contribution in [2.24, 2.45) is 0 Å². The Labute approximate surface area is 158 Å². The van der Waals surface area contributed by atoms with Gasteiger partial charge in [-0.25, -0.2) is 0 Å². The van der Waals surface area contributed by atoms with Crippen molar-refractivity contribution in [3.05, 3.63) is 90.5 Å². The summed E-state index contributed by atoms with van der Waals surface area (Å²) in [7, 11) is 0. The lowest BCUT2D eigenvalue weighted by Crippen LogP contribution is -2.14. The molecule has 0 saturated heterocycles. The monoisotopic (exact) mass is 359 g/mol. The van der Waals surface area contributed by atoms with E-state index in [2.05, 4.69) is 5.32 Å². The van der Waals surface area contributed by atoms with Gasteiger partial charge in [-0.3, -0.25) is 9.59 Å². The van der Waals surface area contributed by atoms with Crippen molar-refractivity contribution >= 4 is 17.4 Å². The third-order valence-electron chi connectivity index (χ3n) is 3.99. The van der Waals surface area contributed by atoms with E-state index in [0.29, 0.717) is 6.42 Å². The molecule has 0 heterocycles. The summed E-state index contributed by atoms with van der Waals surface area (Å²) in [5.74, 6) is 1.38. The first-order valence-electron chi connectivity index (χ1n) is 8.87. The van der Waals surface area contributed by atoms with Gasteiger partial charge in [-0.1, -0.05) is 48.5 Å². The topological polar surface area (TPSA) is 55.4 Å². The molecule has 0 aliphatic carbocycles. The predicted octanol–water partition coefficient (Wildman–Crippen LogP) is 5.01. The van der Waals surface area contributed by atoms with Crippen LogP contribution in [-0.4, -0.2) is 11.7 Å². The number of rotatable bonds is 8. The average molecular weight is 359 g/mol. The number of hydrogen-bond donors (Lipinski definition) is 1. The molecule has 1 amide bonds. The van der Waals surface area contributed by atoms with E-state index in [-0.39, 0.29) is 24.5 Å². The fourth-order valence-corrected chi connectivity index (χ4v) is 2.61. The van der Waals surface area contributed by atoms with Gasteiger partial charge in [0.2, 0.25) is 5.91 Å². The van der Waals surface area contributed by atoms with Crippen LogP contribution in [0.4, 0.5) is 5.69 Å². The molecule has 3 aromatic rings. The van der Waals surface area contributed by atoms with Gasteiger partial charge in [0, 0.05) is 24.9 Å². The molecule has 4 nitrogen and oxygen atoms in total. The molecular formula is C23H21NO3. The molecule has 1 N–H and O–H groups in total. The van der Waals surface area contributed by atoms with E-state index >= 15 is 0 Å². The second-order valence-electron chi connectivity index (χ2n) is 6.19. The number of Topliss-reactive ketones (excluding diaryl/α,β-unsaturated/α-hetero) is 1. The van der Waals surface area contributed by atoms with Gasteiger partial charge in [0.15, 0.2) is 0 Å². The first-order chi connectivity index (χ1) is 13.2. The van der Waals surface area contributed by atoms with Crippen LogP contribution >= 0.6 is 0 Å². The van der Waals surface area contributed by atoms with Crippen LogP contribution in [0.2, 0.25) is 0 Å². The Bertz CT molecular complexity index is 875. The minimum atomic E-state index is -0.152. The molecular weight excluding hydrogens is 338 g/mol. The smallest absolute Gasteiger partial charge is 0.224 e. The van der Waals surface area contributed by atoms with Crippen molar-refractivity contribution in [3.8, 4) is 11.5 Å². The predicted molar refractivity (Wildman–Crippen MR) is 106 cm³/mol. The lowest BCUT2D eigenvalue weighted by molar-refractivity contribution is -0.122.